The third-order valence-corrected chi connectivity index (χ3v) is 4.24. The Morgan fingerprint density at radius 1 is 1.31 bits per heavy atom. The van der Waals surface area contributed by atoms with Crippen LogP contribution in [0.4, 0.5) is 5.82 Å². The zero-order valence-corrected chi connectivity index (χ0v) is 15.5. The van der Waals surface area contributed by atoms with Crippen molar-refractivity contribution in [2.75, 3.05) is 12.8 Å². The van der Waals surface area contributed by atoms with E-state index in [0.29, 0.717) is 34.9 Å². The predicted molar refractivity (Wildman–Crippen MR) is 101 cm³/mol. The molecule has 0 saturated carbocycles. The number of aliphatic hydroxyl groups excluding tert-OH is 1. The van der Waals surface area contributed by atoms with Gasteiger partial charge in [0.25, 0.3) is 0 Å². The van der Waals surface area contributed by atoms with Crippen LogP contribution in [-0.4, -0.2) is 38.8 Å². The number of esters is 1. The van der Waals surface area contributed by atoms with Crippen LogP contribution in [0.15, 0.2) is 18.2 Å². The molecule has 7 nitrogen and oxygen atoms in total. The number of carbonyl (C=O) groups excluding carboxylic acids is 1. The Hall–Kier alpha value is -2.67. The summed E-state index contributed by atoms with van der Waals surface area (Å²) in [6.45, 7) is 6.39. The molecule has 7 heteroatoms. The number of carbonyl (C=O) groups is 1. The summed E-state index contributed by atoms with van der Waals surface area (Å²) in [4.78, 5) is 20.9. The summed E-state index contributed by atoms with van der Waals surface area (Å²) in [5, 5.41) is 10.8. The molecule has 0 fully saturated rings. The van der Waals surface area contributed by atoms with Gasteiger partial charge in [-0.3, -0.25) is 0 Å². The molecule has 0 aliphatic carbocycles. The third kappa shape index (κ3) is 3.22. The molecule has 0 aliphatic rings. The summed E-state index contributed by atoms with van der Waals surface area (Å²) >= 11 is 0. The van der Waals surface area contributed by atoms with E-state index in [-0.39, 0.29) is 0 Å². The van der Waals surface area contributed by atoms with E-state index in [2.05, 4.69) is 18.8 Å². The van der Waals surface area contributed by atoms with Gasteiger partial charge in [0.15, 0.2) is 5.82 Å². The smallest absolute Gasteiger partial charge is 0.337 e. The van der Waals surface area contributed by atoms with Gasteiger partial charge in [-0.2, -0.15) is 0 Å². The molecule has 0 spiro atoms. The van der Waals surface area contributed by atoms with Crippen molar-refractivity contribution in [3.05, 3.63) is 29.6 Å². The maximum atomic E-state index is 11.8. The monoisotopic (exact) mass is 356 g/mol. The molecule has 3 rings (SSSR count). The van der Waals surface area contributed by atoms with E-state index in [4.69, 9.17) is 15.5 Å². The molecule has 1 unspecified atom stereocenters. The van der Waals surface area contributed by atoms with Crippen LogP contribution in [0.25, 0.3) is 21.9 Å². The van der Waals surface area contributed by atoms with E-state index >= 15 is 0 Å². The molecule has 0 bridgehead atoms. The molecule has 2 aromatic heterocycles. The van der Waals surface area contributed by atoms with E-state index in [9.17, 15) is 9.90 Å². The number of anilines is 1. The average molecular weight is 356 g/mol. The van der Waals surface area contributed by atoms with E-state index in [0.717, 1.165) is 23.1 Å². The standard InChI is InChI=1S/C19H24N4O3/c1-10(2)7-15-22-16-17(23(15)9-11(3)24)13-6-5-12(19(25)26-4)8-14(13)21-18(16)20/h5-6,8,10-11,24H,7,9H2,1-4H3,(H2,20,21). The normalized spacial score (nSPS) is 12.8. The molecule has 0 saturated heterocycles. The fraction of sp³-hybridized carbons (Fsp3) is 0.421. The number of pyridine rings is 1. The lowest BCUT2D eigenvalue weighted by atomic mass is 10.1. The van der Waals surface area contributed by atoms with Crippen LogP contribution < -0.4 is 5.73 Å². The summed E-state index contributed by atoms with van der Waals surface area (Å²) < 4.78 is 6.79. The molecule has 3 aromatic rings. The van der Waals surface area contributed by atoms with Crippen LogP contribution in [0.2, 0.25) is 0 Å². The number of benzene rings is 1. The Bertz CT molecular complexity index is 976. The minimum atomic E-state index is -0.530. The van der Waals surface area contributed by atoms with Gasteiger partial charge in [0.05, 0.1) is 36.4 Å². The summed E-state index contributed by atoms with van der Waals surface area (Å²) in [5.74, 6) is 1.16. The van der Waals surface area contributed by atoms with Crippen LogP contribution in [-0.2, 0) is 17.7 Å². The molecular formula is C19H24N4O3. The Kier molecular flexibility index (Phi) is 4.82. The molecule has 3 N–H and O–H groups in total. The Balaban J connectivity index is 2.32. The van der Waals surface area contributed by atoms with Gasteiger partial charge in [0.1, 0.15) is 11.3 Å². The molecular weight excluding hydrogens is 332 g/mol. The first-order valence-corrected chi connectivity index (χ1v) is 8.66. The van der Waals surface area contributed by atoms with Crippen LogP contribution >= 0.6 is 0 Å². The molecule has 0 aliphatic heterocycles. The minimum Gasteiger partial charge on any atom is -0.465 e. The molecule has 0 amide bonds. The van der Waals surface area contributed by atoms with Crippen molar-refractivity contribution in [3.63, 3.8) is 0 Å². The largest absolute Gasteiger partial charge is 0.465 e. The van der Waals surface area contributed by atoms with E-state index in [1.807, 2.05) is 10.6 Å². The van der Waals surface area contributed by atoms with E-state index in [1.165, 1.54) is 7.11 Å². The van der Waals surface area contributed by atoms with Gasteiger partial charge >= 0.3 is 5.97 Å². The molecule has 1 aromatic carbocycles. The number of imidazole rings is 1. The quantitative estimate of drug-likeness (QED) is 0.681. The van der Waals surface area contributed by atoms with Crippen molar-refractivity contribution in [3.8, 4) is 0 Å². The zero-order valence-electron chi connectivity index (χ0n) is 15.5. The van der Waals surface area contributed by atoms with Gasteiger partial charge in [-0.15, -0.1) is 0 Å². The maximum Gasteiger partial charge on any atom is 0.337 e. The molecule has 26 heavy (non-hydrogen) atoms. The van der Waals surface area contributed by atoms with Crippen LogP contribution in [0.5, 0.6) is 0 Å². The van der Waals surface area contributed by atoms with Gasteiger partial charge in [-0.1, -0.05) is 13.8 Å². The Morgan fingerprint density at radius 2 is 2.04 bits per heavy atom. The zero-order chi connectivity index (χ0) is 19.0. The number of aliphatic hydroxyl groups is 1. The molecule has 138 valence electrons. The average Bonchev–Trinajstić information content (AvgIpc) is 2.91. The number of ether oxygens (including phenoxy) is 1. The minimum absolute atomic E-state index is 0.309. The second-order valence-electron chi connectivity index (χ2n) is 7.00. The number of hydrogen-bond acceptors (Lipinski definition) is 6. The number of aromatic nitrogens is 3. The fourth-order valence-electron chi connectivity index (χ4n) is 3.18. The summed E-state index contributed by atoms with van der Waals surface area (Å²) in [6, 6.07) is 5.20. The topological polar surface area (TPSA) is 103 Å². The first-order valence-electron chi connectivity index (χ1n) is 8.66. The summed E-state index contributed by atoms with van der Waals surface area (Å²) in [6.07, 6.45) is 0.236. The highest BCUT2D eigenvalue weighted by molar-refractivity contribution is 6.08. The lowest BCUT2D eigenvalue weighted by Crippen LogP contribution is -2.15. The number of rotatable bonds is 5. The maximum absolute atomic E-state index is 11.8. The van der Waals surface area contributed by atoms with Crippen LogP contribution in [0.3, 0.4) is 0 Å². The van der Waals surface area contributed by atoms with Crippen molar-refractivity contribution < 1.29 is 14.6 Å². The van der Waals surface area contributed by atoms with Crippen molar-refractivity contribution in [1.82, 2.24) is 14.5 Å². The van der Waals surface area contributed by atoms with E-state index in [1.54, 1.807) is 19.1 Å². The van der Waals surface area contributed by atoms with E-state index < -0.39 is 12.1 Å². The third-order valence-electron chi connectivity index (χ3n) is 4.24. The van der Waals surface area contributed by atoms with Crippen molar-refractivity contribution in [1.29, 1.82) is 0 Å². The number of nitrogen functional groups attached to an aromatic ring is 1. The molecule has 1 atom stereocenters. The second kappa shape index (κ2) is 6.92. The highest BCUT2D eigenvalue weighted by atomic mass is 16.5. The molecule has 0 radical (unpaired) electrons. The summed E-state index contributed by atoms with van der Waals surface area (Å²) in [5.41, 5.74) is 8.63. The van der Waals surface area contributed by atoms with Crippen LogP contribution in [0.1, 0.15) is 37.0 Å². The van der Waals surface area contributed by atoms with Crippen molar-refractivity contribution in [2.45, 2.75) is 39.8 Å². The first kappa shape index (κ1) is 18.1. The highest BCUT2D eigenvalue weighted by Crippen LogP contribution is 2.30. The van der Waals surface area contributed by atoms with Gasteiger partial charge < -0.3 is 20.1 Å². The van der Waals surface area contributed by atoms with Gasteiger partial charge in [0.2, 0.25) is 0 Å². The van der Waals surface area contributed by atoms with Crippen molar-refractivity contribution >= 4 is 33.7 Å². The number of nitrogens with zero attached hydrogens (tertiary/aromatic N) is 3. The van der Waals surface area contributed by atoms with Crippen molar-refractivity contribution in [2.24, 2.45) is 5.92 Å². The summed E-state index contributed by atoms with van der Waals surface area (Å²) in [7, 11) is 1.34. The second-order valence-corrected chi connectivity index (χ2v) is 7.00. The first-order chi connectivity index (χ1) is 12.3. The van der Waals surface area contributed by atoms with Gasteiger partial charge in [-0.25, -0.2) is 14.8 Å². The lowest BCUT2D eigenvalue weighted by molar-refractivity contribution is 0.0601. The lowest BCUT2D eigenvalue weighted by Gasteiger charge is -2.13. The Morgan fingerprint density at radius 3 is 2.65 bits per heavy atom. The molecule has 2 heterocycles. The number of nitrogens with two attached hydrogens (primary N) is 1. The number of fused-ring (bicyclic) bond motifs is 3. The van der Waals surface area contributed by atoms with Gasteiger partial charge in [0, 0.05) is 11.8 Å². The fourth-order valence-corrected chi connectivity index (χ4v) is 3.18. The number of hydrogen-bond donors (Lipinski definition) is 2. The number of methoxy groups -OCH3 is 1. The highest BCUT2D eigenvalue weighted by Gasteiger charge is 2.19. The SMILES string of the molecule is COC(=O)c1ccc2c(c1)nc(N)c1nc(CC(C)C)n(CC(C)O)c12. The predicted octanol–water partition coefficient (Wildman–Crippen LogP) is 2.53. The van der Waals surface area contributed by atoms with Crippen LogP contribution in [0, 0.1) is 5.92 Å². The Labute approximate surface area is 151 Å². The van der Waals surface area contributed by atoms with Gasteiger partial charge in [-0.05, 0) is 31.0 Å².